The quantitative estimate of drug-likeness (QED) is 0.804. The number of carbonyl (C=O) groups excluding carboxylic acids is 1. The fourth-order valence-electron chi connectivity index (χ4n) is 5.36. The largest absolute Gasteiger partial charge is 0.486 e. The number of benzene rings is 2. The Kier molecular flexibility index (Phi) is 3.86. The molecule has 3 fully saturated rings. The van der Waals surface area contributed by atoms with Crippen LogP contribution in [0.15, 0.2) is 48.5 Å². The summed E-state index contributed by atoms with van der Waals surface area (Å²) in [6.07, 6.45) is 1.35. The Bertz CT molecular complexity index is 949. The molecule has 4 aliphatic rings. The summed E-state index contributed by atoms with van der Waals surface area (Å²) >= 11 is 0. The van der Waals surface area contributed by atoms with Crippen molar-refractivity contribution < 1.29 is 19.0 Å². The zero-order valence-corrected chi connectivity index (χ0v) is 16.3. The third-order valence-electron chi connectivity index (χ3n) is 6.70. The number of ether oxygens (including phenoxy) is 3. The van der Waals surface area contributed by atoms with Crippen LogP contribution in [0.4, 0.5) is 0 Å². The van der Waals surface area contributed by atoms with Gasteiger partial charge in [0.15, 0.2) is 17.2 Å². The third kappa shape index (κ3) is 2.66. The normalized spacial score (nSPS) is 30.5. The van der Waals surface area contributed by atoms with Crippen molar-refractivity contribution >= 4 is 5.91 Å². The summed E-state index contributed by atoms with van der Waals surface area (Å²) in [4.78, 5) is 17.2. The molecule has 2 aromatic carbocycles. The number of carbonyl (C=O) groups is 1. The van der Waals surface area contributed by atoms with Crippen LogP contribution in [0.25, 0.3) is 0 Å². The lowest BCUT2D eigenvalue weighted by molar-refractivity contribution is -0.138. The zero-order valence-electron chi connectivity index (χ0n) is 16.3. The van der Waals surface area contributed by atoms with E-state index in [1.165, 1.54) is 5.56 Å². The monoisotopic (exact) mass is 392 g/mol. The Morgan fingerprint density at radius 1 is 1.03 bits per heavy atom. The molecule has 29 heavy (non-hydrogen) atoms. The van der Waals surface area contributed by atoms with Crippen LogP contribution >= 0.6 is 0 Å². The minimum atomic E-state index is -0.481. The van der Waals surface area contributed by atoms with E-state index in [-0.39, 0.29) is 18.1 Å². The molecule has 3 saturated heterocycles. The predicted molar refractivity (Wildman–Crippen MR) is 106 cm³/mol. The van der Waals surface area contributed by atoms with Gasteiger partial charge in [-0.1, -0.05) is 36.4 Å². The molecule has 6 nitrogen and oxygen atoms in total. The first kappa shape index (κ1) is 17.3. The molecule has 4 heterocycles. The average molecular weight is 392 g/mol. The number of hydrogen-bond donors (Lipinski definition) is 0. The molecule has 150 valence electrons. The second-order valence-corrected chi connectivity index (χ2v) is 8.28. The van der Waals surface area contributed by atoms with Crippen molar-refractivity contribution in [2.24, 2.45) is 0 Å². The van der Waals surface area contributed by atoms with E-state index in [4.69, 9.17) is 14.2 Å². The molecule has 0 radical (unpaired) electrons. The van der Waals surface area contributed by atoms with E-state index in [0.717, 1.165) is 36.6 Å². The van der Waals surface area contributed by atoms with E-state index in [0.29, 0.717) is 26.2 Å². The molecule has 0 N–H and O–H groups in total. The highest BCUT2D eigenvalue weighted by molar-refractivity contribution is 5.81. The van der Waals surface area contributed by atoms with Crippen LogP contribution in [0.2, 0.25) is 0 Å². The van der Waals surface area contributed by atoms with E-state index in [9.17, 15) is 4.79 Å². The van der Waals surface area contributed by atoms with Crippen LogP contribution in [0.3, 0.4) is 0 Å². The van der Waals surface area contributed by atoms with Crippen LogP contribution in [0.5, 0.6) is 11.5 Å². The Hall–Kier alpha value is -2.57. The first-order valence-electron chi connectivity index (χ1n) is 10.4. The summed E-state index contributed by atoms with van der Waals surface area (Å²) < 4.78 is 18.0. The molecule has 6 rings (SSSR count). The number of likely N-dealkylation sites (tertiary alicyclic amines) is 1. The van der Waals surface area contributed by atoms with E-state index in [1.807, 2.05) is 29.2 Å². The maximum absolute atomic E-state index is 12.8. The standard InChI is InChI=1S/C23H24N2O4/c26-22-13-21-23(25(22)15-20(29-23)17-4-2-1-3-5-17)8-9-24(21)14-16-6-7-18-19(12-16)28-11-10-27-18/h1-7,12,20-21H,8-11,13-15H2/t20-,21+,23-/m0/s1. The molecular weight excluding hydrogens is 368 g/mol. The van der Waals surface area contributed by atoms with Crippen molar-refractivity contribution in [3.8, 4) is 11.5 Å². The Morgan fingerprint density at radius 2 is 1.86 bits per heavy atom. The van der Waals surface area contributed by atoms with E-state index < -0.39 is 5.72 Å². The maximum Gasteiger partial charge on any atom is 0.226 e. The number of rotatable bonds is 3. The smallest absolute Gasteiger partial charge is 0.226 e. The molecule has 3 atom stereocenters. The summed E-state index contributed by atoms with van der Waals surface area (Å²) in [5.41, 5.74) is 1.84. The minimum absolute atomic E-state index is 0.0443. The van der Waals surface area contributed by atoms with E-state index >= 15 is 0 Å². The van der Waals surface area contributed by atoms with Gasteiger partial charge in [-0.25, -0.2) is 0 Å². The molecule has 4 aliphatic heterocycles. The molecule has 1 amide bonds. The number of amides is 1. The van der Waals surface area contributed by atoms with Crippen LogP contribution in [0, 0.1) is 0 Å². The molecule has 0 bridgehead atoms. The number of fused-ring (bicyclic) bond motifs is 1. The van der Waals surface area contributed by atoms with E-state index in [2.05, 4.69) is 29.2 Å². The van der Waals surface area contributed by atoms with Gasteiger partial charge in [-0.15, -0.1) is 0 Å². The second-order valence-electron chi connectivity index (χ2n) is 8.28. The Labute approximate surface area is 170 Å². The molecule has 0 unspecified atom stereocenters. The van der Waals surface area contributed by atoms with Gasteiger partial charge in [0, 0.05) is 25.9 Å². The fraction of sp³-hybridized carbons (Fsp3) is 0.435. The highest BCUT2D eigenvalue weighted by atomic mass is 16.6. The summed E-state index contributed by atoms with van der Waals surface area (Å²) in [6, 6.07) is 16.5. The van der Waals surface area contributed by atoms with E-state index in [1.54, 1.807) is 0 Å². The van der Waals surface area contributed by atoms with Crippen molar-refractivity contribution in [1.82, 2.24) is 9.80 Å². The lowest BCUT2D eigenvalue weighted by Gasteiger charge is -2.32. The minimum Gasteiger partial charge on any atom is -0.486 e. The molecule has 6 heteroatoms. The summed E-state index contributed by atoms with van der Waals surface area (Å²) in [5.74, 6) is 1.83. The van der Waals surface area contributed by atoms with Crippen molar-refractivity contribution in [3.05, 3.63) is 59.7 Å². The topological polar surface area (TPSA) is 51.2 Å². The summed E-state index contributed by atoms with van der Waals surface area (Å²) in [5, 5.41) is 0. The molecular formula is C23H24N2O4. The van der Waals surface area contributed by atoms with Gasteiger partial charge in [0.25, 0.3) is 0 Å². The van der Waals surface area contributed by atoms with Gasteiger partial charge in [-0.3, -0.25) is 9.69 Å². The first-order chi connectivity index (χ1) is 14.2. The second kappa shape index (κ2) is 6.47. The predicted octanol–water partition coefficient (Wildman–Crippen LogP) is 2.73. The number of nitrogens with zero attached hydrogens (tertiary/aromatic N) is 2. The van der Waals surface area contributed by atoms with Crippen molar-refractivity contribution in [2.45, 2.75) is 37.3 Å². The molecule has 0 saturated carbocycles. The lowest BCUT2D eigenvalue weighted by atomic mass is 10.1. The summed E-state index contributed by atoms with van der Waals surface area (Å²) in [7, 11) is 0. The summed E-state index contributed by atoms with van der Waals surface area (Å²) in [6.45, 7) is 3.54. The molecule has 1 spiro atoms. The van der Waals surface area contributed by atoms with Gasteiger partial charge in [0.05, 0.1) is 12.6 Å². The van der Waals surface area contributed by atoms with Gasteiger partial charge in [-0.05, 0) is 23.3 Å². The van der Waals surface area contributed by atoms with Gasteiger partial charge in [0.2, 0.25) is 5.91 Å². The van der Waals surface area contributed by atoms with Crippen LogP contribution in [-0.4, -0.2) is 53.8 Å². The van der Waals surface area contributed by atoms with Gasteiger partial charge in [-0.2, -0.15) is 0 Å². The molecule has 2 aromatic rings. The van der Waals surface area contributed by atoms with Crippen molar-refractivity contribution in [1.29, 1.82) is 0 Å². The first-order valence-corrected chi connectivity index (χ1v) is 10.4. The maximum atomic E-state index is 12.8. The molecule has 0 aliphatic carbocycles. The highest BCUT2D eigenvalue weighted by Gasteiger charge is 2.63. The van der Waals surface area contributed by atoms with Gasteiger partial charge < -0.3 is 19.1 Å². The SMILES string of the molecule is O=C1C[C@H]2N(Cc3ccc4c(c3)OCCO4)CC[C@]23O[C@H](c2ccccc2)CN13. The van der Waals surface area contributed by atoms with Crippen LogP contribution < -0.4 is 9.47 Å². The average Bonchev–Trinajstić information content (AvgIpc) is 3.38. The zero-order chi connectivity index (χ0) is 19.4. The van der Waals surface area contributed by atoms with Gasteiger partial charge in [0.1, 0.15) is 19.3 Å². The Balaban J connectivity index is 1.24. The lowest BCUT2D eigenvalue weighted by Crippen LogP contribution is -2.47. The van der Waals surface area contributed by atoms with Crippen molar-refractivity contribution in [2.75, 3.05) is 26.3 Å². The number of hydrogen-bond acceptors (Lipinski definition) is 5. The van der Waals surface area contributed by atoms with Crippen LogP contribution in [0.1, 0.15) is 30.1 Å². The Morgan fingerprint density at radius 3 is 2.72 bits per heavy atom. The van der Waals surface area contributed by atoms with Gasteiger partial charge >= 0.3 is 0 Å². The fourth-order valence-corrected chi connectivity index (χ4v) is 5.36. The highest BCUT2D eigenvalue weighted by Crippen LogP contribution is 2.51. The third-order valence-corrected chi connectivity index (χ3v) is 6.70. The van der Waals surface area contributed by atoms with Crippen molar-refractivity contribution in [3.63, 3.8) is 0 Å². The van der Waals surface area contributed by atoms with Crippen LogP contribution in [-0.2, 0) is 16.1 Å². The molecule has 0 aromatic heterocycles.